The number of furan rings is 1. The summed E-state index contributed by atoms with van der Waals surface area (Å²) in [5, 5.41) is 4.75. The second kappa shape index (κ2) is 15.3. The molecular formula is C59H41NO. The lowest BCUT2D eigenvalue weighted by Gasteiger charge is -2.26. The number of fused-ring (bicyclic) bond motifs is 4. The van der Waals surface area contributed by atoms with E-state index in [4.69, 9.17) is 4.42 Å². The fraction of sp³-hybridized carbons (Fsp3) is 0.0169. The third-order valence-corrected chi connectivity index (χ3v) is 12.0. The Morgan fingerprint density at radius 1 is 0.328 bits per heavy atom. The molecule has 0 unspecified atom stereocenters. The molecule has 0 saturated heterocycles. The lowest BCUT2D eigenvalue weighted by Crippen LogP contribution is -2.09. The van der Waals surface area contributed by atoms with Crippen molar-refractivity contribution in [3.63, 3.8) is 0 Å². The van der Waals surface area contributed by atoms with Crippen molar-refractivity contribution in [2.75, 3.05) is 4.90 Å². The van der Waals surface area contributed by atoms with Crippen LogP contribution in [0.2, 0.25) is 0 Å². The van der Waals surface area contributed by atoms with E-state index in [0.29, 0.717) is 0 Å². The largest absolute Gasteiger partial charge is 0.456 e. The van der Waals surface area contributed by atoms with E-state index >= 15 is 0 Å². The third-order valence-electron chi connectivity index (χ3n) is 12.0. The fourth-order valence-corrected chi connectivity index (χ4v) is 9.06. The highest BCUT2D eigenvalue weighted by Gasteiger charge is 2.19. The predicted octanol–water partition coefficient (Wildman–Crippen LogP) is 16.9. The summed E-state index contributed by atoms with van der Waals surface area (Å²) in [7, 11) is 0. The number of benzene rings is 10. The molecule has 1 heterocycles. The molecule has 0 amide bonds. The monoisotopic (exact) mass is 779 g/mol. The summed E-state index contributed by atoms with van der Waals surface area (Å²) in [6.07, 6.45) is 0. The molecule has 2 nitrogen and oxygen atoms in total. The summed E-state index contributed by atoms with van der Waals surface area (Å²) in [6.45, 7) is 2.15. The van der Waals surface area contributed by atoms with Crippen LogP contribution in [0.1, 0.15) is 5.56 Å². The molecule has 1 aromatic heterocycles. The number of hydrogen-bond donors (Lipinski definition) is 0. The standard InChI is InChI=1S/C59H41NO/c1-40-15-13-26-56-58(40)53-36-35-50(39-57(53)61-56)60(48-31-27-44(28-32-48)55-38-47-23-12-11-22-46(47)37-54(55)43-20-9-4-10-21-43)49-33-29-45(30-34-49)59-51(41-16-5-2-6-17-41)24-14-25-52(59)42-18-7-3-8-19-42/h2-39H,1H3. The molecule has 0 aliphatic carbocycles. The molecule has 11 aromatic rings. The second-order valence-corrected chi connectivity index (χ2v) is 15.7. The molecule has 11 rings (SSSR count). The summed E-state index contributed by atoms with van der Waals surface area (Å²) in [4.78, 5) is 2.34. The van der Waals surface area contributed by atoms with Crippen LogP contribution < -0.4 is 4.90 Å². The number of aryl methyl sites for hydroxylation is 1. The summed E-state index contributed by atoms with van der Waals surface area (Å²) in [6, 6.07) is 83.0. The molecular weight excluding hydrogens is 739 g/mol. The normalized spacial score (nSPS) is 11.4. The zero-order valence-electron chi connectivity index (χ0n) is 33.8. The first-order valence-electron chi connectivity index (χ1n) is 20.9. The number of anilines is 3. The maximum Gasteiger partial charge on any atom is 0.137 e. The van der Waals surface area contributed by atoms with Gasteiger partial charge in [-0.15, -0.1) is 0 Å². The van der Waals surface area contributed by atoms with E-state index in [1.165, 1.54) is 66.2 Å². The summed E-state index contributed by atoms with van der Waals surface area (Å²) in [5.74, 6) is 0. The molecule has 0 fully saturated rings. The molecule has 0 spiro atoms. The van der Waals surface area contributed by atoms with Gasteiger partial charge < -0.3 is 9.32 Å². The summed E-state index contributed by atoms with van der Waals surface area (Å²) >= 11 is 0. The van der Waals surface area contributed by atoms with Gasteiger partial charge in [-0.2, -0.15) is 0 Å². The van der Waals surface area contributed by atoms with Gasteiger partial charge in [0.25, 0.3) is 0 Å². The minimum atomic E-state index is 0.869. The van der Waals surface area contributed by atoms with Crippen LogP contribution in [0, 0.1) is 6.92 Å². The van der Waals surface area contributed by atoms with Crippen molar-refractivity contribution in [1.29, 1.82) is 0 Å². The molecule has 0 aliphatic heterocycles. The zero-order chi connectivity index (χ0) is 40.7. The van der Waals surface area contributed by atoms with Gasteiger partial charge in [-0.3, -0.25) is 0 Å². The Bertz CT molecular complexity index is 3270. The molecule has 0 N–H and O–H groups in total. The van der Waals surface area contributed by atoms with Crippen molar-refractivity contribution in [1.82, 2.24) is 0 Å². The zero-order valence-corrected chi connectivity index (χ0v) is 33.8. The molecule has 0 aliphatic rings. The lowest BCUT2D eigenvalue weighted by atomic mass is 9.87. The Morgan fingerprint density at radius 2 is 0.787 bits per heavy atom. The molecule has 0 radical (unpaired) electrons. The Labute approximate surface area is 356 Å². The van der Waals surface area contributed by atoms with Crippen LogP contribution >= 0.6 is 0 Å². The first-order valence-corrected chi connectivity index (χ1v) is 20.9. The Morgan fingerprint density at radius 3 is 1.34 bits per heavy atom. The molecule has 0 atom stereocenters. The average Bonchev–Trinajstić information content (AvgIpc) is 3.71. The third kappa shape index (κ3) is 6.65. The van der Waals surface area contributed by atoms with Crippen molar-refractivity contribution >= 4 is 49.8 Å². The second-order valence-electron chi connectivity index (χ2n) is 15.7. The van der Waals surface area contributed by atoms with E-state index in [0.717, 1.165) is 44.7 Å². The molecule has 0 bridgehead atoms. The SMILES string of the molecule is Cc1cccc2oc3cc(N(c4ccc(-c5cc6ccccc6cc5-c5ccccc5)cc4)c4ccc(-c5c(-c6ccccc6)cccc5-c5ccccc5)cc4)ccc3c12. The van der Waals surface area contributed by atoms with Crippen molar-refractivity contribution in [2.45, 2.75) is 6.92 Å². The van der Waals surface area contributed by atoms with E-state index in [1.807, 2.05) is 0 Å². The van der Waals surface area contributed by atoms with E-state index in [2.05, 4.69) is 242 Å². The molecule has 2 heteroatoms. The maximum absolute atomic E-state index is 6.52. The van der Waals surface area contributed by atoms with Crippen LogP contribution in [0.25, 0.3) is 88.3 Å². The van der Waals surface area contributed by atoms with Gasteiger partial charge in [0.05, 0.1) is 0 Å². The van der Waals surface area contributed by atoms with Crippen LogP contribution in [0.5, 0.6) is 0 Å². The van der Waals surface area contributed by atoms with Crippen LogP contribution in [0.4, 0.5) is 17.1 Å². The van der Waals surface area contributed by atoms with Gasteiger partial charge in [0.1, 0.15) is 11.2 Å². The van der Waals surface area contributed by atoms with E-state index < -0.39 is 0 Å². The van der Waals surface area contributed by atoms with Gasteiger partial charge in [-0.25, -0.2) is 0 Å². The van der Waals surface area contributed by atoms with E-state index in [-0.39, 0.29) is 0 Å². The number of hydrogen-bond acceptors (Lipinski definition) is 2. The predicted molar refractivity (Wildman–Crippen MR) is 258 cm³/mol. The average molecular weight is 780 g/mol. The first kappa shape index (κ1) is 36.2. The van der Waals surface area contributed by atoms with Gasteiger partial charge in [-0.05, 0) is 133 Å². The van der Waals surface area contributed by atoms with Gasteiger partial charge in [0, 0.05) is 33.9 Å². The molecule has 61 heavy (non-hydrogen) atoms. The number of nitrogens with zero attached hydrogens (tertiary/aromatic N) is 1. The lowest BCUT2D eigenvalue weighted by molar-refractivity contribution is 0.669. The highest BCUT2D eigenvalue weighted by atomic mass is 16.3. The van der Waals surface area contributed by atoms with Gasteiger partial charge in [-0.1, -0.05) is 170 Å². The molecule has 0 saturated carbocycles. The van der Waals surface area contributed by atoms with Gasteiger partial charge in [0.15, 0.2) is 0 Å². The minimum Gasteiger partial charge on any atom is -0.456 e. The summed E-state index contributed by atoms with van der Waals surface area (Å²) < 4.78 is 6.52. The van der Waals surface area contributed by atoms with Gasteiger partial charge in [0.2, 0.25) is 0 Å². The Balaban J connectivity index is 1.06. The quantitative estimate of drug-likeness (QED) is 0.153. The van der Waals surface area contributed by atoms with Gasteiger partial charge >= 0.3 is 0 Å². The highest BCUT2D eigenvalue weighted by molar-refractivity contribution is 6.08. The first-order chi connectivity index (χ1) is 30.2. The van der Waals surface area contributed by atoms with Crippen molar-refractivity contribution < 1.29 is 4.42 Å². The topological polar surface area (TPSA) is 16.4 Å². The fourth-order valence-electron chi connectivity index (χ4n) is 9.06. The summed E-state index contributed by atoms with van der Waals surface area (Å²) in [5.41, 5.74) is 18.1. The van der Waals surface area contributed by atoms with Crippen LogP contribution in [-0.2, 0) is 0 Å². The van der Waals surface area contributed by atoms with Crippen LogP contribution in [-0.4, -0.2) is 0 Å². The van der Waals surface area contributed by atoms with Crippen molar-refractivity contribution in [3.8, 4) is 55.6 Å². The maximum atomic E-state index is 6.52. The van der Waals surface area contributed by atoms with E-state index in [9.17, 15) is 0 Å². The Kier molecular flexibility index (Phi) is 9.09. The number of rotatable bonds is 8. The minimum absolute atomic E-state index is 0.869. The van der Waals surface area contributed by atoms with E-state index in [1.54, 1.807) is 0 Å². The van der Waals surface area contributed by atoms with Crippen LogP contribution in [0.15, 0.2) is 235 Å². The molecule has 10 aromatic carbocycles. The highest BCUT2D eigenvalue weighted by Crippen LogP contribution is 2.44. The van der Waals surface area contributed by atoms with Crippen molar-refractivity contribution in [3.05, 3.63) is 236 Å². The van der Waals surface area contributed by atoms with Crippen molar-refractivity contribution in [2.24, 2.45) is 0 Å². The Hall–Kier alpha value is -7.94. The molecule has 288 valence electrons. The van der Waals surface area contributed by atoms with Crippen LogP contribution in [0.3, 0.4) is 0 Å². The smallest absolute Gasteiger partial charge is 0.137 e.